The van der Waals surface area contributed by atoms with E-state index in [2.05, 4.69) is 20.3 Å². The molecule has 0 amide bonds. The first-order valence-electron chi connectivity index (χ1n) is 5.85. The quantitative estimate of drug-likeness (QED) is 0.741. The predicted molar refractivity (Wildman–Crippen MR) is 73.0 cm³/mol. The molecule has 0 saturated heterocycles. The van der Waals surface area contributed by atoms with Crippen LogP contribution in [0.1, 0.15) is 6.92 Å². The molecule has 0 bridgehead atoms. The lowest BCUT2D eigenvalue weighted by Crippen LogP contribution is -2.25. The van der Waals surface area contributed by atoms with Crippen molar-refractivity contribution in [2.75, 3.05) is 23.8 Å². The SMILES string of the molecule is CC(N)CNc1cc(N(C)c2ccc[nH]2)ncn1. The van der Waals surface area contributed by atoms with Crippen LogP contribution in [0.4, 0.5) is 17.5 Å². The molecule has 0 aliphatic carbocycles. The molecule has 1 atom stereocenters. The van der Waals surface area contributed by atoms with E-state index in [1.165, 1.54) is 6.33 Å². The van der Waals surface area contributed by atoms with Gasteiger partial charge in [0.2, 0.25) is 0 Å². The van der Waals surface area contributed by atoms with Crippen LogP contribution >= 0.6 is 0 Å². The highest BCUT2D eigenvalue weighted by atomic mass is 15.2. The van der Waals surface area contributed by atoms with Gasteiger partial charge in [0.15, 0.2) is 0 Å². The second kappa shape index (κ2) is 5.50. The topological polar surface area (TPSA) is 82.9 Å². The van der Waals surface area contributed by atoms with Crippen LogP contribution in [-0.2, 0) is 0 Å². The van der Waals surface area contributed by atoms with Gasteiger partial charge in [-0.15, -0.1) is 0 Å². The minimum Gasteiger partial charge on any atom is -0.368 e. The second-order valence-electron chi connectivity index (χ2n) is 4.23. The lowest BCUT2D eigenvalue weighted by atomic mass is 10.3. The molecule has 0 spiro atoms. The lowest BCUT2D eigenvalue weighted by Gasteiger charge is -2.17. The van der Waals surface area contributed by atoms with Crippen molar-refractivity contribution in [1.82, 2.24) is 15.0 Å². The van der Waals surface area contributed by atoms with Crippen molar-refractivity contribution < 1.29 is 0 Å². The van der Waals surface area contributed by atoms with Crippen molar-refractivity contribution in [3.8, 4) is 0 Å². The van der Waals surface area contributed by atoms with E-state index in [9.17, 15) is 0 Å². The Kier molecular flexibility index (Phi) is 3.78. The van der Waals surface area contributed by atoms with Crippen molar-refractivity contribution in [2.45, 2.75) is 13.0 Å². The van der Waals surface area contributed by atoms with E-state index in [0.717, 1.165) is 17.5 Å². The molecule has 2 aromatic heterocycles. The van der Waals surface area contributed by atoms with E-state index in [4.69, 9.17) is 5.73 Å². The number of nitrogens with zero attached hydrogens (tertiary/aromatic N) is 3. The third-order valence-electron chi connectivity index (χ3n) is 2.54. The number of nitrogens with one attached hydrogen (secondary N) is 2. The normalized spacial score (nSPS) is 12.2. The maximum atomic E-state index is 5.69. The molecule has 0 aliphatic heterocycles. The van der Waals surface area contributed by atoms with Crippen LogP contribution in [0.25, 0.3) is 0 Å². The highest BCUT2D eigenvalue weighted by Crippen LogP contribution is 2.20. The maximum Gasteiger partial charge on any atom is 0.139 e. The summed E-state index contributed by atoms with van der Waals surface area (Å²) in [6.45, 7) is 2.63. The average molecular weight is 246 g/mol. The summed E-state index contributed by atoms with van der Waals surface area (Å²) in [6.07, 6.45) is 3.42. The summed E-state index contributed by atoms with van der Waals surface area (Å²) in [7, 11) is 1.95. The summed E-state index contributed by atoms with van der Waals surface area (Å²) >= 11 is 0. The first-order valence-corrected chi connectivity index (χ1v) is 5.85. The van der Waals surface area contributed by atoms with Crippen molar-refractivity contribution >= 4 is 17.5 Å². The summed E-state index contributed by atoms with van der Waals surface area (Å²) in [5, 5.41) is 3.17. The van der Waals surface area contributed by atoms with Crippen molar-refractivity contribution in [3.63, 3.8) is 0 Å². The first kappa shape index (κ1) is 12.4. The number of hydrogen-bond acceptors (Lipinski definition) is 5. The molecule has 18 heavy (non-hydrogen) atoms. The third-order valence-corrected chi connectivity index (χ3v) is 2.54. The fourth-order valence-corrected chi connectivity index (χ4v) is 1.55. The Bertz CT molecular complexity index is 479. The molecule has 0 aromatic carbocycles. The Morgan fingerprint density at radius 1 is 1.50 bits per heavy atom. The zero-order valence-corrected chi connectivity index (χ0v) is 10.6. The van der Waals surface area contributed by atoms with Gasteiger partial charge >= 0.3 is 0 Å². The highest BCUT2D eigenvalue weighted by molar-refractivity contribution is 5.58. The molecule has 6 nitrogen and oxygen atoms in total. The van der Waals surface area contributed by atoms with Gasteiger partial charge in [-0.1, -0.05) is 0 Å². The van der Waals surface area contributed by atoms with Gasteiger partial charge in [-0.2, -0.15) is 0 Å². The maximum absolute atomic E-state index is 5.69. The summed E-state index contributed by atoms with van der Waals surface area (Å²) in [5.74, 6) is 2.57. The van der Waals surface area contributed by atoms with Crippen molar-refractivity contribution in [1.29, 1.82) is 0 Å². The Hall–Kier alpha value is -2.08. The molecular formula is C12H18N6. The monoisotopic (exact) mass is 246 g/mol. The van der Waals surface area contributed by atoms with Crippen LogP contribution in [0.15, 0.2) is 30.7 Å². The summed E-state index contributed by atoms with van der Waals surface area (Å²) < 4.78 is 0. The molecule has 6 heteroatoms. The zero-order valence-electron chi connectivity index (χ0n) is 10.6. The van der Waals surface area contributed by atoms with Gasteiger partial charge in [0.25, 0.3) is 0 Å². The van der Waals surface area contributed by atoms with Crippen LogP contribution in [0, 0.1) is 0 Å². The number of hydrogen-bond donors (Lipinski definition) is 3. The van der Waals surface area contributed by atoms with Crippen molar-refractivity contribution in [3.05, 3.63) is 30.7 Å². The van der Waals surface area contributed by atoms with Gasteiger partial charge < -0.3 is 20.9 Å². The summed E-state index contributed by atoms with van der Waals surface area (Å²) in [6, 6.07) is 5.91. The summed E-state index contributed by atoms with van der Waals surface area (Å²) in [5.41, 5.74) is 5.69. The Balaban J connectivity index is 2.11. The number of H-pyrrole nitrogens is 1. The molecule has 0 aliphatic rings. The second-order valence-corrected chi connectivity index (χ2v) is 4.23. The minimum absolute atomic E-state index is 0.0875. The molecular weight excluding hydrogens is 228 g/mol. The van der Waals surface area contributed by atoms with Gasteiger partial charge in [0.05, 0.1) is 0 Å². The van der Waals surface area contributed by atoms with Crippen LogP contribution < -0.4 is 16.0 Å². The molecule has 0 saturated carbocycles. The van der Waals surface area contributed by atoms with Gasteiger partial charge in [0.1, 0.15) is 23.8 Å². The van der Waals surface area contributed by atoms with Gasteiger partial charge in [-0.05, 0) is 19.1 Å². The van der Waals surface area contributed by atoms with E-state index in [1.807, 2.05) is 43.3 Å². The van der Waals surface area contributed by atoms with Gasteiger partial charge in [0, 0.05) is 31.9 Å². The van der Waals surface area contributed by atoms with E-state index in [1.54, 1.807) is 0 Å². The van der Waals surface area contributed by atoms with E-state index >= 15 is 0 Å². The largest absolute Gasteiger partial charge is 0.368 e. The average Bonchev–Trinajstić information content (AvgIpc) is 2.89. The third kappa shape index (κ3) is 2.98. The number of aromatic amines is 1. The number of rotatable bonds is 5. The molecule has 2 heterocycles. The number of aromatic nitrogens is 3. The van der Waals surface area contributed by atoms with Crippen LogP contribution in [0.2, 0.25) is 0 Å². The molecule has 96 valence electrons. The van der Waals surface area contributed by atoms with E-state index < -0.39 is 0 Å². The fourth-order valence-electron chi connectivity index (χ4n) is 1.55. The predicted octanol–water partition coefficient (Wildman–Crippen LogP) is 1.33. The number of anilines is 3. The minimum atomic E-state index is 0.0875. The van der Waals surface area contributed by atoms with E-state index in [-0.39, 0.29) is 6.04 Å². The van der Waals surface area contributed by atoms with Crippen LogP contribution in [0.3, 0.4) is 0 Å². The van der Waals surface area contributed by atoms with Crippen LogP contribution in [0.5, 0.6) is 0 Å². The van der Waals surface area contributed by atoms with E-state index in [0.29, 0.717) is 6.54 Å². The molecule has 1 unspecified atom stereocenters. The Labute approximate surface area is 106 Å². The number of nitrogens with two attached hydrogens (primary N) is 1. The smallest absolute Gasteiger partial charge is 0.139 e. The summed E-state index contributed by atoms with van der Waals surface area (Å²) in [4.78, 5) is 13.5. The fraction of sp³-hybridized carbons (Fsp3) is 0.333. The molecule has 0 fully saturated rings. The molecule has 4 N–H and O–H groups in total. The molecule has 2 rings (SSSR count). The first-order chi connectivity index (χ1) is 8.66. The lowest BCUT2D eigenvalue weighted by molar-refractivity contribution is 0.777. The Morgan fingerprint density at radius 3 is 3.00 bits per heavy atom. The van der Waals surface area contributed by atoms with Gasteiger partial charge in [-0.25, -0.2) is 9.97 Å². The zero-order chi connectivity index (χ0) is 13.0. The van der Waals surface area contributed by atoms with Crippen LogP contribution in [-0.4, -0.2) is 34.6 Å². The van der Waals surface area contributed by atoms with Crippen molar-refractivity contribution in [2.24, 2.45) is 5.73 Å². The van der Waals surface area contributed by atoms with Gasteiger partial charge in [-0.3, -0.25) is 0 Å². The standard InChI is InChI=1S/C12H18N6/c1-9(13)7-15-10-6-12(17-8-16-10)18(2)11-4-3-5-14-11/h3-6,8-9,14H,7,13H2,1-2H3,(H,15,16,17). The molecule has 2 aromatic rings. The Morgan fingerprint density at radius 2 is 2.33 bits per heavy atom. The molecule has 0 radical (unpaired) electrons. The highest BCUT2D eigenvalue weighted by Gasteiger charge is 2.07.